The number of primary amides is 1. The number of ether oxygens (including phenoxy) is 2. The van der Waals surface area contributed by atoms with Gasteiger partial charge in [0, 0.05) is 12.1 Å². The fourth-order valence-electron chi connectivity index (χ4n) is 4.86. The number of rotatable bonds is 7. The van der Waals surface area contributed by atoms with Crippen LogP contribution in [0.4, 0.5) is 9.18 Å². The minimum absolute atomic E-state index is 0.0247. The highest BCUT2D eigenvalue weighted by Gasteiger charge is 2.39. The van der Waals surface area contributed by atoms with Crippen LogP contribution in [0.2, 0.25) is 0 Å². The van der Waals surface area contributed by atoms with Crippen molar-refractivity contribution in [2.24, 2.45) is 17.6 Å². The maximum absolute atomic E-state index is 13.8. The second-order valence-corrected chi connectivity index (χ2v) is 10.7. The number of amides is 3. The first-order chi connectivity index (χ1) is 16.4. The van der Waals surface area contributed by atoms with Crippen molar-refractivity contribution in [2.45, 2.75) is 83.7 Å². The number of nitrogens with two attached hydrogens (primary N) is 1. The molecule has 0 spiro atoms. The summed E-state index contributed by atoms with van der Waals surface area (Å²) in [5.74, 6) is -0.00675. The van der Waals surface area contributed by atoms with Gasteiger partial charge in [-0.25, -0.2) is 9.18 Å². The third kappa shape index (κ3) is 7.57. The van der Waals surface area contributed by atoms with E-state index in [0.29, 0.717) is 24.3 Å². The molecule has 1 heterocycles. The topological polar surface area (TPSA) is 111 Å². The molecule has 3 atom stereocenters. The van der Waals surface area contributed by atoms with Crippen LogP contribution in [0, 0.1) is 11.8 Å². The Bertz CT molecular complexity index is 893. The number of alkyl halides is 1. The van der Waals surface area contributed by atoms with Gasteiger partial charge in [0.05, 0.1) is 12.6 Å². The van der Waals surface area contributed by atoms with Gasteiger partial charge in [-0.2, -0.15) is 0 Å². The average molecular weight is 492 g/mol. The number of likely N-dealkylation sites (tertiary alicyclic amines) is 1. The largest absolute Gasteiger partial charge is 0.490 e. The fourth-order valence-corrected chi connectivity index (χ4v) is 4.86. The summed E-state index contributed by atoms with van der Waals surface area (Å²) in [6, 6.07) is 5.98. The Hall–Kier alpha value is -2.84. The van der Waals surface area contributed by atoms with E-state index in [9.17, 15) is 18.8 Å². The molecule has 0 unspecified atom stereocenters. The molecule has 0 aromatic heterocycles. The molecule has 1 saturated carbocycles. The third-order valence-corrected chi connectivity index (χ3v) is 6.81. The number of benzene rings is 1. The van der Waals surface area contributed by atoms with Crippen molar-refractivity contribution in [3.63, 3.8) is 0 Å². The first kappa shape index (κ1) is 26.8. The molecule has 0 bridgehead atoms. The lowest BCUT2D eigenvalue weighted by atomic mass is 9.76. The van der Waals surface area contributed by atoms with Crippen molar-refractivity contribution in [1.29, 1.82) is 0 Å². The van der Waals surface area contributed by atoms with Gasteiger partial charge in [-0.15, -0.1) is 0 Å². The summed E-state index contributed by atoms with van der Waals surface area (Å²) in [5, 5.41) is 2.78. The summed E-state index contributed by atoms with van der Waals surface area (Å²) in [5.41, 5.74) is 5.02. The average Bonchev–Trinajstić information content (AvgIpc) is 3.22. The van der Waals surface area contributed by atoms with E-state index in [4.69, 9.17) is 15.2 Å². The molecule has 3 amide bonds. The summed E-state index contributed by atoms with van der Waals surface area (Å²) in [6.07, 6.45) is 1.94. The fraction of sp³-hybridized carbons (Fsp3) is 0.654. The molecule has 1 aromatic carbocycles. The van der Waals surface area contributed by atoms with Crippen molar-refractivity contribution < 1.29 is 28.2 Å². The minimum Gasteiger partial charge on any atom is -0.490 e. The van der Waals surface area contributed by atoms with E-state index in [-0.39, 0.29) is 30.4 Å². The summed E-state index contributed by atoms with van der Waals surface area (Å²) in [6.45, 7) is 7.69. The Labute approximate surface area is 206 Å². The van der Waals surface area contributed by atoms with Gasteiger partial charge >= 0.3 is 6.09 Å². The predicted octanol–water partition coefficient (Wildman–Crippen LogP) is 3.82. The number of hydrogen-bond donors (Lipinski definition) is 2. The van der Waals surface area contributed by atoms with Gasteiger partial charge < -0.3 is 25.4 Å². The van der Waals surface area contributed by atoms with Gasteiger partial charge in [-0.3, -0.25) is 9.59 Å². The second kappa shape index (κ2) is 11.3. The zero-order chi connectivity index (χ0) is 25.8. The molecule has 0 radical (unpaired) electrons. The van der Waals surface area contributed by atoms with E-state index < -0.39 is 29.8 Å². The third-order valence-electron chi connectivity index (χ3n) is 6.81. The summed E-state index contributed by atoms with van der Waals surface area (Å²) in [4.78, 5) is 38.6. The van der Waals surface area contributed by atoms with Crippen LogP contribution < -0.4 is 15.8 Å². The van der Waals surface area contributed by atoms with E-state index in [1.54, 1.807) is 45.0 Å². The van der Waals surface area contributed by atoms with Gasteiger partial charge in [0.15, 0.2) is 0 Å². The van der Waals surface area contributed by atoms with Gasteiger partial charge in [0.2, 0.25) is 11.8 Å². The van der Waals surface area contributed by atoms with E-state index in [0.717, 1.165) is 25.7 Å². The summed E-state index contributed by atoms with van der Waals surface area (Å²) < 4.78 is 25.3. The van der Waals surface area contributed by atoms with E-state index in [1.807, 2.05) is 6.92 Å². The molecule has 194 valence electrons. The van der Waals surface area contributed by atoms with Crippen LogP contribution in [0.3, 0.4) is 0 Å². The predicted molar refractivity (Wildman–Crippen MR) is 130 cm³/mol. The van der Waals surface area contributed by atoms with Gasteiger partial charge in [-0.1, -0.05) is 6.92 Å². The van der Waals surface area contributed by atoms with Crippen molar-refractivity contribution in [2.75, 3.05) is 13.1 Å². The molecule has 1 aromatic rings. The highest BCUT2D eigenvalue weighted by Crippen LogP contribution is 2.34. The number of carbonyl (C=O) groups is 3. The molecule has 2 aliphatic rings. The molecular formula is C26H38FN3O5. The van der Waals surface area contributed by atoms with Crippen LogP contribution in [0.1, 0.15) is 70.2 Å². The summed E-state index contributed by atoms with van der Waals surface area (Å²) >= 11 is 0. The Balaban J connectivity index is 1.61. The Morgan fingerprint density at radius 1 is 1.09 bits per heavy atom. The lowest BCUT2D eigenvalue weighted by Gasteiger charge is -2.37. The zero-order valence-electron chi connectivity index (χ0n) is 21.1. The second-order valence-electron chi connectivity index (χ2n) is 10.7. The van der Waals surface area contributed by atoms with Crippen LogP contribution in [0.5, 0.6) is 5.75 Å². The van der Waals surface area contributed by atoms with Crippen LogP contribution >= 0.6 is 0 Å². The number of alkyl carbamates (subject to hydrolysis) is 1. The molecule has 9 heteroatoms. The number of carbonyl (C=O) groups excluding carboxylic acids is 3. The quantitative estimate of drug-likeness (QED) is 0.602. The first-order valence-corrected chi connectivity index (χ1v) is 12.4. The van der Waals surface area contributed by atoms with Crippen molar-refractivity contribution >= 4 is 17.9 Å². The molecule has 1 saturated heterocycles. The molecule has 35 heavy (non-hydrogen) atoms. The molecule has 3 N–H and O–H groups in total. The Morgan fingerprint density at radius 2 is 1.71 bits per heavy atom. The van der Waals surface area contributed by atoms with Crippen LogP contribution in [-0.4, -0.2) is 59.8 Å². The highest BCUT2D eigenvalue weighted by molar-refractivity contribution is 5.92. The van der Waals surface area contributed by atoms with Crippen molar-refractivity contribution in [3.05, 3.63) is 29.8 Å². The molecular weight excluding hydrogens is 453 g/mol. The van der Waals surface area contributed by atoms with Crippen molar-refractivity contribution in [1.82, 2.24) is 10.2 Å². The van der Waals surface area contributed by atoms with E-state index >= 15 is 0 Å². The smallest absolute Gasteiger partial charge is 0.408 e. The molecule has 3 rings (SSSR count). The monoisotopic (exact) mass is 491 g/mol. The molecule has 1 aliphatic heterocycles. The van der Waals surface area contributed by atoms with Gasteiger partial charge in [0.1, 0.15) is 23.6 Å². The van der Waals surface area contributed by atoms with E-state index in [2.05, 4.69) is 5.32 Å². The maximum atomic E-state index is 13.8. The highest BCUT2D eigenvalue weighted by atomic mass is 19.1. The van der Waals surface area contributed by atoms with Gasteiger partial charge in [0.25, 0.3) is 0 Å². The van der Waals surface area contributed by atoms with Crippen LogP contribution in [0.25, 0.3) is 0 Å². The molecule has 1 aliphatic carbocycles. The standard InChI is InChI=1S/C26H38FN3O5/c1-16(17-5-9-20(10-6-17)34-21-11-7-18(8-12-21)23(28)31)22(29-25(33)35-26(2,3)4)24(32)30-14-13-19(27)15-30/h7-8,11-12,16-17,19-20,22H,5-6,9-10,13-15H2,1-4H3,(H2,28,31)(H,29,33)/t16-,17?,19-,20?,22-/m0/s1. The number of halogens is 1. The van der Waals surface area contributed by atoms with Gasteiger partial charge in [-0.05, 0) is 89.0 Å². The number of nitrogens with one attached hydrogen (secondary N) is 1. The maximum Gasteiger partial charge on any atom is 0.408 e. The van der Waals surface area contributed by atoms with Crippen LogP contribution in [-0.2, 0) is 9.53 Å². The Kier molecular flexibility index (Phi) is 8.61. The summed E-state index contributed by atoms with van der Waals surface area (Å²) in [7, 11) is 0. The van der Waals surface area contributed by atoms with Crippen molar-refractivity contribution in [3.8, 4) is 5.75 Å². The molecule has 2 fully saturated rings. The van der Waals surface area contributed by atoms with Crippen LogP contribution in [0.15, 0.2) is 24.3 Å². The lowest BCUT2D eigenvalue weighted by molar-refractivity contribution is -0.134. The Morgan fingerprint density at radius 3 is 2.23 bits per heavy atom. The molecule has 8 nitrogen and oxygen atoms in total. The first-order valence-electron chi connectivity index (χ1n) is 12.4. The number of hydrogen-bond acceptors (Lipinski definition) is 5. The minimum atomic E-state index is -1.03. The number of nitrogens with zero attached hydrogens (tertiary/aromatic N) is 1. The zero-order valence-corrected chi connectivity index (χ0v) is 21.1. The van der Waals surface area contributed by atoms with E-state index in [1.165, 1.54) is 4.90 Å². The normalized spacial score (nSPS) is 24.4. The SMILES string of the molecule is C[C@@H](C1CCC(Oc2ccc(C(N)=O)cc2)CC1)[C@H](NC(=O)OC(C)(C)C)C(=O)N1CC[C@H](F)C1. The lowest BCUT2D eigenvalue weighted by Crippen LogP contribution is -2.54.